The zero-order valence-corrected chi connectivity index (χ0v) is 20.8. The van der Waals surface area contributed by atoms with Crippen molar-refractivity contribution in [2.75, 3.05) is 0 Å². The van der Waals surface area contributed by atoms with Crippen LogP contribution < -0.4 is 5.19 Å². The molecule has 0 aliphatic carbocycles. The Balaban J connectivity index is 2.11. The predicted molar refractivity (Wildman–Crippen MR) is 132 cm³/mol. The van der Waals surface area contributed by atoms with Crippen molar-refractivity contribution in [3.63, 3.8) is 0 Å². The standard InChI is InChI=1S/C26H37ClO2Si/c1-5-6-7-8-9-13-19-25(30(3,4)24-17-11-10-12-18-24)21(2)29-26(28)22-15-14-16-23(27)20-22/h10-12,14-18,20-21,25H,5-9,13,19H2,1-4H3/t21-,25-/m1/s1. The molecule has 164 valence electrons. The van der Waals surface area contributed by atoms with E-state index in [1.807, 2.05) is 0 Å². The third kappa shape index (κ3) is 7.28. The monoisotopic (exact) mass is 444 g/mol. The Morgan fingerprint density at radius 2 is 1.63 bits per heavy atom. The van der Waals surface area contributed by atoms with Crippen LogP contribution >= 0.6 is 11.6 Å². The van der Waals surface area contributed by atoms with Crippen LogP contribution in [-0.2, 0) is 4.74 Å². The lowest BCUT2D eigenvalue weighted by Crippen LogP contribution is -2.50. The Kier molecular flexibility index (Phi) is 10.1. The second kappa shape index (κ2) is 12.3. The number of hydrogen-bond donors (Lipinski definition) is 0. The van der Waals surface area contributed by atoms with Crippen molar-refractivity contribution in [2.24, 2.45) is 0 Å². The number of hydrogen-bond acceptors (Lipinski definition) is 2. The Bertz CT molecular complexity index is 776. The summed E-state index contributed by atoms with van der Waals surface area (Å²) in [6, 6.07) is 17.8. The summed E-state index contributed by atoms with van der Waals surface area (Å²) in [4.78, 5) is 12.8. The lowest BCUT2D eigenvalue weighted by atomic mass is 10.1. The first-order valence-corrected chi connectivity index (χ1v) is 14.8. The average Bonchev–Trinajstić information content (AvgIpc) is 2.73. The molecule has 2 aromatic rings. The third-order valence-corrected chi connectivity index (χ3v) is 10.9. The predicted octanol–water partition coefficient (Wildman–Crippen LogP) is 7.62. The molecule has 2 nitrogen and oxygen atoms in total. The molecule has 0 spiro atoms. The molecule has 0 N–H and O–H groups in total. The van der Waals surface area contributed by atoms with Crippen LogP contribution in [0.25, 0.3) is 0 Å². The normalized spacial score (nSPS) is 13.6. The Morgan fingerprint density at radius 3 is 2.30 bits per heavy atom. The van der Waals surface area contributed by atoms with Gasteiger partial charge in [-0.3, -0.25) is 0 Å². The minimum absolute atomic E-state index is 0.131. The molecule has 0 aliphatic heterocycles. The highest BCUT2D eigenvalue weighted by Gasteiger charge is 2.38. The van der Waals surface area contributed by atoms with Gasteiger partial charge in [0.25, 0.3) is 0 Å². The third-order valence-electron chi connectivity index (χ3n) is 6.23. The summed E-state index contributed by atoms with van der Waals surface area (Å²) in [6.07, 6.45) is 8.62. The average molecular weight is 445 g/mol. The summed E-state index contributed by atoms with van der Waals surface area (Å²) < 4.78 is 5.99. The molecular formula is C26H37ClO2Si. The first-order chi connectivity index (χ1) is 14.4. The number of rotatable bonds is 12. The fourth-order valence-corrected chi connectivity index (χ4v) is 8.18. The number of ether oxygens (including phenoxy) is 1. The molecule has 0 bridgehead atoms. The minimum atomic E-state index is -1.83. The number of esters is 1. The first-order valence-electron chi connectivity index (χ1n) is 11.4. The fourth-order valence-electron chi connectivity index (χ4n) is 4.34. The van der Waals surface area contributed by atoms with E-state index in [4.69, 9.17) is 16.3 Å². The van der Waals surface area contributed by atoms with Crippen LogP contribution in [0, 0.1) is 0 Å². The van der Waals surface area contributed by atoms with Gasteiger partial charge in [-0.1, -0.05) is 112 Å². The summed E-state index contributed by atoms with van der Waals surface area (Å²) in [5.41, 5.74) is 0.890. The van der Waals surface area contributed by atoms with Crippen molar-refractivity contribution >= 4 is 30.8 Å². The quantitative estimate of drug-likeness (QED) is 0.191. The van der Waals surface area contributed by atoms with Crippen LogP contribution in [0.5, 0.6) is 0 Å². The van der Waals surface area contributed by atoms with Gasteiger partial charge in [-0.05, 0) is 37.1 Å². The van der Waals surface area contributed by atoms with E-state index in [1.54, 1.807) is 24.3 Å². The zero-order valence-electron chi connectivity index (χ0n) is 19.0. The summed E-state index contributed by atoms with van der Waals surface area (Å²) in [6.45, 7) is 9.14. The van der Waals surface area contributed by atoms with Gasteiger partial charge in [-0.2, -0.15) is 0 Å². The molecule has 0 saturated heterocycles. The molecule has 2 aromatic carbocycles. The Labute approximate surface area is 189 Å². The van der Waals surface area contributed by atoms with E-state index >= 15 is 0 Å². The molecule has 0 aromatic heterocycles. The molecule has 0 aliphatic rings. The van der Waals surface area contributed by atoms with Crippen molar-refractivity contribution in [1.29, 1.82) is 0 Å². The van der Waals surface area contributed by atoms with E-state index in [1.165, 1.54) is 43.7 Å². The van der Waals surface area contributed by atoms with Crippen LogP contribution in [0.4, 0.5) is 0 Å². The van der Waals surface area contributed by atoms with Gasteiger partial charge in [-0.25, -0.2) is 4.79 Å². The van der Waals surface area contributed by atoms with Crippen LogP contribution in [0.3, 0.4) is 0 Å². The SMILES string of the molecule is CCCCCCCC[C@H]([C@@H](C)OC(=O)c1cccc(Cl)c1)[Si](C)(C)c1ccccc1. The molecule has 30 heavy (non-hydrogen) atoms. The number of unbranched alkanes of at least 4 members (excludes halogenated alkanes) is 5. The number of carbonyl (C=O) groups excluding carboxylic acids is 1. The first kappa shape index (κ1) is 24.7. The second-order valence-corrected chi connectivity index (χ2v) is 14.1. The maximum Gasteiger partial charge on any atom is 0.338 e. The van der Waals surface area contributed by atoms with E-state index in [-0.39, 0.29) is 12.1 Å². The smallest absolute Gasteiger partial charge is 0.338 e. The largest absolute Gasteiger partial charge is 0.459 e. The van der Waals surface area contributed by atoms with Crippen molar-refractivity contribution in [3.05, 3.63) is 65.2 Å². The van der Waals surface area contributed by atoms with Crippen LogP contribution in [0.15, 0.2) is 54.6 Å². The molecule has 0 unspecified atom stereocenters. The Morgan fingerprint density at radius 1 is 0.967 bits per heavy atom. The zero-order chi connectivity index (χ0) is 22.0. The maximum atomic E-state index is 12.8. The van der Waals surface area contributed by atoms with Gasteiger partial charge < -0.3 is 4.74 Å². The minimum Gasteiger partial charge on any atom is -0.459 e. The van der Waals surface area contributed by atoms with E-state index in [9.17, 15) is 4.79 Å². The Hall–Kier alpha value is -1.58. The van der Waals surface area contributed by atoms with E-state index in [2.05, 4.69) is 57.3 Å². The van der Waals surface area contributed by atoms with E-state index < -0.39 is 8.07 Å². The highest BCUT2D eigenvalue weighted by molar-refractivity contribution is 6.91. The van der Waals surface area contributed by atoms with Crippen molar-refractivity contribution in [1.82, 2.24) is 0 Å². The second-order valence-electron chi connectivity index (χ2n) is 8.87. The van der Waals surface area contributed by atoms with Crippen LogP contribution in [0.1, 0.15) is 69.2 Å². The number of carbonyl (C=O) groups is 1. The highest BCUT2D eigenvalue weighted by atomic mass is 35.5. The van der Waals surface area contributed by atoms with Gasteiger partial charge in [0.1, 0.15) is 6.10 Å². The molecule has 2 rings (SSSR count). The van der Waals surface area contributed by atoms with Crippen LogP contribution in [-0.4, -0.2) is 20.1 Å². The lowest BCUT2D eigenvalue weighted by molar-refractivity contribution is 0.0315. The lowest BCUT2D eigenvalue weighted by Gasteiger charge is -2.37. The van der Waals surface area contributed by atoms with Crippen LogP contribution in [0.2, 0.25) is 23.7 Å². The summed E-state index contributed by atoms with van der Waals surface area (Å²) in [5.74, 6) is -0.282. The maximum absolute atomic E-state index is 12.8. The molecule has 2 atom stereocenters. The van der Waals surface area contributed by atoms with Gasteiger partial charge in [0.2, 0.25) is 0 Å². The van der Waals surface area contributed by atoms with E-state index in [0.717, 1.165) is 6.42 Å². The molecular weight excluding hydrogens is 408 g/mol. The highest BCUT2D eigenvalue weighted by Crippen LogP contribution is 2.33. The summed E-state index contributed by atoms with van der Waals surface area (Å²) >= 11 is 6.06. The fraction of sp³-hybridized carbons (Fsp3) is 0.500. The van der Waals surface area contributed by atoms with Crippen molar-refractivity contribution < 1.29 is 9.53 Å². The van der Waals surface area contributed by atoms with Gasteiger partial charge in [0.05, 0.1) is 13.6 Å². The molecule has 0 amide bonds. The van der Waals surface area contributed by atoms with Crippen molar-refractivity contribution in [2.45, 2.75) is 83.5 Å². The van der Waals surface area contributed by atoms with Crippen molar-refractivity contribution in [3.8, 4) is 0 Å². The number of benzene rings is 2. The number of halogens is 1. The summed E-state index contributed by atoms with van der Waals surface area (Å²) in [7, 11) is -1.83. The van der Waals surface area contributed by atoms with Gasteiger partial charge in [0.15, 0.2) is 0 Å². The molecule has 0 fully saturated rings. The molecule has 4 heteroatoms. The molecule has 0 saturated carbocycles. The molecule has 0 heterocycles. The molecule has 0 radical (unpaired) electrons. The summed E-state index contributed by atoms with van der Waals surface area (Å²) in [5, 5.41) is 1.98. The van der Waals surface area contributed by atoms with Gasteiger partial charge in [-0.15, -0.1) is 0 Å². The van der Waals surface area contributed by atoms with E-state index in [0.29, 0.717) is 16.1 Å². The van der Waals surface area contributed by atoms with Gasteiger partial charge >= 0.3 is 5.97 Å². The topological polar surface area (TPSA) is 26.3 Å². The van der Waals surface area contributed by atoms with Gasteiger partial charge in [0, 0.05) is 5.02 Å².